The fraction of sp³-hybridized carbons (Fsp3) is 0.409. The predicted octanol–water partition coefficient (Wildman–Crippen LogP) is 2.67. The molecule has 0 aliphatic carbocycles. The zero-order valence-electron chi connectivity index (χ0n) is 16.6. The fourth-order valence-corrected chi connectivity index (χ4v) is 3.65. The lowest BCUT2D eigenvalue weighted by Crippen LogP contribution is -2.34. The standard InChI is InChI=1S/C22H28N4O2/c1-23-21(27)16-25(2)20-11-10-19(15-24-20)22(28)26-13-6-9-18(12-14-26)17-7-4-3-5-8-17/h3-5,7-8,10-11,15,18H,6,9,12-14,16H2,1-2H3,(H,23,27). The van der Waals surface area contributed by atoms with E-state index in [0.29, 0.717) is 17.3 Å². The Morgan fingerprint density at radius 2 is 1.93 bits per heavy atom. The summed E-state index contributed by atoms with van der Waals surface area (Å²) >= 11 is 0. The monoisotopic (exact) mass is 380 g/mol. The Hall–Kier alpha value is -2.89. The third kappa shape index (κ3) is 4.88. The summed E-state index contributed by atoms with van der Waals surface area (Å²) in [5.41, 5.74) is 1.96. The summed E-state index contributed by atoms with van der Waals surface area (Å²) in [7, 11) is 3.41. The smallest absolute Gasteiger partial charge is 0.255 e. The highest BCUT2D eigenvalue weighted by molar-refractivity contribution is 5.94. The molecule has 2 heterocycles. The van der Waals surface area contributed by atoms with Gasteiger partial charge in [-0.3, -0.25) is 9.59 Å². The molecule has 0 bridgehead atoms. The zero-order chi connectivity index (χ0) is 19.9. The van der Waals surface area contributed by atoms with Crippen molar-refractivity contribution in [1.82, 2.24) is 15.2 Å². The van der Waals surface area contributed by atoms with Gasteiger partial charge in [-0.15, -0.1) is 0 Å². The van der Waals surface area contributed by atoms with Crippen LogP contribution in [0.3, 0.4) is 0 Å². The normalized spacial score (nSPS) is 16.9. The van der Waals surface area contributed by atoms with E-state index in [0.717, 1.165) is 32.4 Å². The number of benzene rings is 1. The number of hydrogen-bond acceptors (Lipinski definition) is 4. The van der Waals surface area contributed by atoms with Crippen molar-refractivity contribution >= 4 is 17.6 Å². The molecule has 0 spiro atoms. The molecule has 1 aromatic carbocycles. The van der Waals surface area contributed by atoms with Crippen molar-refractivity contribution in [2.24, 2.45) is 0 Å². The minimum absolute atomic E-state index is 0.0294. The van der Waals surface area contributed by atoms with Crippen LogP contribution in [-0.4, -0.2) is 55.4 Å². The first-order valence-corrected chi connectivity index (χ1v) is 9.80. The third-order valence-electron chi connectivity index (χ3n) is 5.33. The van der Waals surface area contributed by atoms with Crippen molar-refractivity contribution in [3.63, 3.8) is 0 Å². The summed E-state index contributed by atoms with van der Waals surface area (Å²) in [5, 5.41) is 2.59. The number of amides is 2. The van der Waals surface area contributed by atoms with E-state index in [4.69, 9.17) is 0 Å². The van der Waals surface area contributed by atoms with E-state index in [1.807, 2.05) is 11.0 Å². The summed E-state index contributed by atoms with van der Waals surface area (Å²) < 4.78 is 0. The fourth-order valence-electron chi connectivity index (χ4n) is 3.65. The maximum absolute atomic E-state index is 12.9. The maximum Gasteiger partial charge on any atom is 0.255 e. The highest BCUT2D eigenvalue weighted by Gasteiger charge is 2.22. The van der Waals surface area contributed by atoms with Crippen molar-refractivity contribution in [2.45, 2.75) is 25.2 Å². The molecule has 28 heavy (non-hydrogen) atoms. The molecular formula is C22H28N4O2. The Balaban J connectivity index is 1.61. The van der Waals surface area contributed by atoms with Gasteiger partial charge in [-0.05, 0) is 42.9 Å². The number of rotatable bonds is 5. The van der Waals surface area contributed by atoms with E-state index < -0.39 is 0 Å². The van der Waals surface area contributed by atoms with Gasteiger partial charge in [0.25, 0.3) is 5.91 Å². The first-order chi connectivity index (χ1) is 13.6. The summed E-state index contributed by atoms with van der Waals surface area (Å²) in [4.78, 5) is 32.5. The van der Waals surface area contributed by atoms with Gasteiger partial charge in [-0.25, -0.2) is 4.98 Å². The molecule has 3 rings (SSSR count). The highest BCUT2D eigenvalue weighted by atomic mass is 16.2. The molecule has 2 aromatic rings. The number of likely N-dealkylation sites (tertiary alicyclic amines) is 1. The quantitative estimate of drug-likeness (QED) is 0.866. The van der Waals surface area contributed by atoms with Crippen LogP contribution in [0.15, 0.2) is 48.7 Å². The molecule has 0 saturated carbocycles. The average molecular weight is 380 g/mol. The molecule has 1 unspecified atom stereocenters. The van der Waals surface area contributed by atoms with E-state index in [9.17, 15) is 9.59 Å². The molecular weight excluding hydrogens is 352 g/mol. The number of carbonyl (C=O) groups excluding carboxylic acids is 2. The first-order valence-electron chi connectivity index (χ1n) is 9.80. The van der Waals surface area contributed by atoms with Crippen LogP contribution >= 0.6 is 0 Å². The van der Waals surface area contributed by atoms with Crippen LogP contribution in [0, 0.1) is 0 Å². The molecule has 6 heteroatoms. The van der Waals surface area contributed by atoms with Crippen molar-refractivity contribution in [3.05, 3.63) is 59.8 Å². The van der Waals surface area contributed by atoms with Gasteiger partial charge in [-0.2, -0.15) is 0 Å². The van der Waals surface area contributed by atoms with Gasteiger partial charge >= 0.3 is 0 Å². The second-order valence-corrected chi connectivity index (χ2v) is 7.27. The molecule has 1 N–H and O–H groups in total. The van der Waals surface area contributed by atoms with Gasteiger partial charge in [0.2, 0.25) is 5.91 Å². The summed E-state index contributed by atoms with van der Waals surface area (Å²) in [6.07, 6.45) is 4.70. The van der Waals surface area contributed by atoms with Crippen LogP contribution in [0.25, 0.3) is 0 Å². The molecule has 148 valence electrons. The number of nitrogens with one attached hydrogen (secondary N) is 1. The van der Waals surface area contributed by atoms with Crippen LogP contribution in [0.4, 0.5) is 5.82 Å². The number of pyridine rings is 1. The van der Waals surface area contributed by atoms with Crippen LogP contribution in [0.1, 0.15) is 41.1 Å². The number of hydrogen-bond donors (Lipinski definition) is 1. The number of aromatic nitrogens is 1. The number of carbonyl (C=O) groups is 2. The van der Waals surface area contributed by atoms with E-state index in [1.165, 1.54) is 5.56 Å². The van der Waals surface area contributed by atoms with E-state index >= 15 is 0 Å². The number of likely N-dealkylation sites (N-methyl/N-ethyl adjacent to an activating group) is 2. The van der Waals surface area contributed by atoms with E-state index in [1.54, 1.807) is 37.3 Å². The molecule has 2 amide bonds. The number of nitrogens with zero attached hydrogens (tertiary/aromatic N) is 3. The third-order valence-corrected chi connectivity index (χ3v) is 5.33. The van der Waals surface area contributed by atoms with Crippen LogP contribution in [0.5, 0.6) is 0 Å². The van der Waals surface area contributed by atoms with Crippen LogP contribution in [0.2, 0.25) is 0 Å². The predicted molar refractivity (Wildman–Crippen MR) is 111 cm³/mol. The van der Waals surface area contributed by atoms with Gasteiger partial charge in [-0.1, -0.05) is 30.3 Å². The lowest BCUT2D eigenvalue weighted by molar-refractivity contribution is -0.119. The highest BCUT2D eigenvalue weighted by Crippen LogP contribution is 2.28. The van der Waals surface area contributed by atoms with E-state index in [2.05, 4.69) is 34.6 Å². The molecule has 6 nitrogen and oxygen atoms in total. The van der Waals surface area contributed by atoms with E-state index in [-0.39, 0.29) is 18.4 Å². The lowest BCUT2D eigenvalue weighted by Gasteiger charge is -2.21. The second kappa shape index (κ2) is 9.35. The lowest BCUT2D eigenvalue weighted by atomic mass is 9.92. The van der Waals surface area contributed by atoms with Crippen LogP contribution < -0.4 is 10.2 Å². The molecule has 0 radical (unpaired) electrons. The molecule has 1 atom stereocenters. The van der Waals surface area contributed by atoms with Crippen molar-refractivity contribution in [2.75, 3.05) is 38.6 Å². The summed E-state index contributed by atoms with van der Waals surface area (Å²) in [6.45, 7) is 1.76. The van der Waals surface area contributed by atoms with Gasteiger partial charge in [0.1, 0.15) is 5.82 Å². The SMILES string of the molecule is CNC(=O)CN(C)c1ccc(C(=O)N2CCCC(c3ccccc3)CC2)cn1. The summed E-state index contributed by atoms with van der Waals surface area (Å²) in [5.74, 6) is 1.13. The van der Waals surface area contributed by atoms with Gasteiger partial charge in [0.15, 0.2) is 0 Å². The van der Waals surface area contributed by atoms with Gasteiger partial charge < -0.3 is 15.1 Å². The molecule has 1 saturated heterocycles. The Kier molecular flexibility index (Phi) is 6.63. The van der Waals surface area contributed by atoms with Crippen molar-refractivity contribution in [1.29, 1.82) is 0 Å². The van der Waals surface area contributed by atoms with Crippen LogP contribution in [-0.2, 0) is 4.79 Å². The Morgan fingerprint density at radius 3 is 2.61 bits per heavy atom. The first kappa shape index (κ1) is 19.9. The minimum Gasteiger partial charge on any atom is -0.358 e. The topological polar surface area (TPSA) is 65.5 Å². The van der Waals surface area contributed by atoms with Crippen molar-refractivity contribution in [3.8, 4) is 0 Å². The largest absolute Gasteiger partial charge is 0.358 e. The Morgan fingerprint density at radius 1 is 1.14 bits per heavy atom. The molecule has 1 fully saturated rings. The Labute approximate surface area is 166 Å². The van der Waals surface area contributed by atoms with Gasteiger partial charge in [0, 0.05) is 33.4 Å². The van der Waals surface area contributed by atoms with Gasteiger partial charge in [0.05, 0.1) is 12.1 Å². The average Bonchev–Trinajstić information content (AvgIpc) is 3.00. The van der Waals surface area contributed by atoms with Crippen molar-refractivity contribution < 1.29 is 9.59 Å². The maximum atomic E-state index is 12.9. The molecule has 1 aromatic heterocycles. The minimum atomic E-state index is -0.0815. The number of anilines is 1. The molecule has 1 aliphatic heterocycles. The Bertz CT molecular complexity index is 792. The zero-order valence-corrected chi connectivity index (χ0v) is 16.6. The molecule has 1 aliphatic rings. The summed E-state index contributed by atoms with van der Waals surface area (Å²) in [6, 6.07) is 14.2. The second-order valence-electron chi connectivity index (χ2n) is 7.27.